The lowest BCUT2D eigenvalue weighted by atomic mass is 9.81. The van der Waals surface area contributed by atoms with E-state index in [1.54, 1.807) is 24.3 Å². The van der Waals surface area contributed by atoms with Crippen molar-refractivity contribution >= 4 is 86.7 Å². The number of halogens is 2. The molecule has 6 nitrogen and oxygen atoms in total. The average molecular weight is 1540 g/mol. The van der Waals surface area contributed by atoms with Gasteiger partial charge in [-0.25, -0.2) is 0 Å². The molecule has 0 aliphatic heterocycles. The lowest BCUT2D eigenvalue weighted by molar-refractivity contribution is 0.425. The molecule has 2 N–H and O–H groups in total. The van der Waals surface area contributed by atoms with E-state index < -0.39 is 43.8 Å². The van der Waals surface area contributed by atoms with Gasteiger partial charge in [-0.1, -0.05) is 275 Å². The minimum atomic E-state index is -2.35. The highest BCUT2D eigenvalue weighted by Crippen LogP contribution is 2.76. The Balaban J connectivity index is 0.000000144. The molecule has 0 radical (unpaired) electrons. The monoisotopic (exact) mass is 1540 g/mol. The molecule has 4 atom stereocenters. The molecule has 2 aromatic rings. The molecule has 0 saturated heterocycles. The van der Waals surface area contributed by atoms with Crippen molar-refractivity contribution in [2.24, 2.45) is 23.7 Å². The lowest BCUT2D eigenvalue weighted by Gasteiger charge is -2.41. The Morgan fingerprint density at radius 3 is 1.00 bits per heavy atom. The molecule has 12 aliphatic rings. The zero-order valence-corrected chi connectivity index (χ0v) is 67.8. The molecular weight excluding hydrogens is 1420 g/mol. The first-order valence-corrected chi connectivity index (χ1v) is 51.8. The molecular formula is C83H123BBr2O6P4Si. The molecule has 14 heteroatoms. The summed E-state index contributed by atoms with van der Waals surface area (Å²) >= 11 is 7.07. The van der Waals surface area contributed by atoms with Crippen LogP contribution in [0.5, 0.6) is 0 Å². The summed E-state index contributed by atoms with van der Waals surface area (Å²) in [6, 6.07) is 19.6. The summed E-state index contributed by atoms with van der Waals surface area (Å²) in [5.41, 5.74) is 15.5. The second-order valence-corrected chi connectivity index (χ2v) is 51.3. The van der Waals surface area contributed by atoms with Crippen molar-refractivity contribution in [3.05, 3.63) is 106 Å². The molecule has 97 heavy (non-hydrogen) atoms. The van der Waals surface area contributed by atoms with Gasteiger partial charge in [0, 0.05) is 100.0 Å². The largest absolute Gasteiger partial charge is 0.488 e. The maximum atomic E-state index is 15.2. The van der Waals surface area contributed by atoms with Crippen LogP contribution in [0.1, 0.15) is 275 Å². The van der Waals surface area contributed by atoms with Crippen molar-refractivity contribution in [3.63, 3.8) is 0 Å². The molecule has 0 heterocycles. The highest BCUT2D eigenvalue weighted by atomic mass is 79.9. The van der Waals surface area contributed by atoms with Crippen LogP contribution >= 0.6 is 60.4 Å². The maximum absolute atomic E-state index is 15.2. The van der Waals surface area contributed by atoms with Crippen LogP contribution in [0.25, 0.3) is 5.57 Å². The summed E-state index contributed by atoms with van der Waals surface area (Å²) in [6.07, 6.45) is 72.5. The van der Waals surface area contributed by atoms with E-state index in [0.717, 1.165) is 51.4 Å². The van der Waals surface area contributed by atoms with Crippen molar-refractivity contribution in [2.45, 2.75) is 335 Å². The first-order chi connectivity index (χ1) is 46.9. The second kappa shape index (κ2) is 38.8. The summed E-state index contributed by atoms with van der Waals surface area (Å²) in [7, 11) is -11.6. The summed E-state index contributed by atoms with van der Waals surface area (Å²) < 4.78 is 57.5. The molecule has 4 bridgehead atoms. The average Bonchev–Trinajstić information content (AvgIpc) is 1.62. The van der Waals surface area contributed by atoms with Crippen LogP contribution in [0.2, 0.25) is 19.6 Å². The fourth-order valence-corrected chi connectivity index (χ4v) is 38.4. The van der Waals surface area contributed by atoms with Gasteiger partial charge in [0.25, 0.3) is 0 Å². The van der Waals surface area contributed by atoms with Crippen molar-refractivity contribution in [1.82, 2.24) is 0 Å². The van der Waals surface area contributed by atoms with E-state index in [4.69, 9.17) is 22.9 Å². The number of rotatable bonds is 12. The number of benzene rings is 2. The fraction of sp³-hybridized carbons (Fsp3) is 0.687. The predicted octanol–water partition coefficient (Wildman–Crippen LogP) is 25.3. The zero-order chi connectivity index (χ0) is 68.9. The third kappa shape index (κ3) is 20.4. The van der Waals surface area contributed by atoms with Crippen molar-refractivity contribution in [1.29, 1.82) is 0 Å². The molecule has 532 valence electrons. The van der Waals surface area contributed by atoms with Crippen LogP contribution in [0.4, 0.5) is 0 Å². The van der Waals surface area contributed by atoms with Gasteiger partial charge < -0.3 is 28.3 Å². The third-order valence-electron chi connectivity index (χ3n) is 24.8. The molecule has 0 amide bonds. The Morgan fingerprint density at radius 2 is 0.701 bits per heavy atom. The van der Waals surface area contributed by atoms with E-state index in [1.165, 1.54) is 245 Å². The molecule has 14 rings (SSSR count). The van der Waals surface area contributed by atoms with E-state index in [9.17, 15) is 13.7 Å². The first-order valence-electron chi connectivity index (χ1n) is 39.3. The molecule has 2 aromatic carbocycles. The summed E-state index contributed by atoms with van der Waals surface area (Å²) in [5.74, 6) is 2.00. The van der Waals surface area contributed by atoms with Crippen molar-refractivity contribution in [2.75, 3.05) is 0 Å². The molecule has 12 aliphatic carbocycles. The number of hydrogen-bond acceptors (Lipinski definition) is 6. The van der Waals surface area contributed by atoms with E-state index in [-0.39, 0.29) is 0 Å². The SMILES string of the molecule is C#CP(=O)(C1CCCCC1)C1CCCCC1.C#C[Si](C)(C)C.O=P(C#CBr)(C1CCCCC1)C1CCCCC1.O=P(C1=C(Br)C2C=CC1C2)(C1CCCCC1)C1CCCCC1.O=P(C1=C(c2ccccc2)C2C=CC1C2)(C1CCCCC1)C1CCCCC1.OB(O)c1ccccc1. The van der Waals surface area contributed by atoms with Gasteiger partial charge in [0.1, 0.15) is 22.4 Å². The van der Waals surface area contributed by atoms with Crippen LogP contribution in [0.15, 0.2) is 100 Å². The van der Waals surface area contributed by atoms with Gasteiger partial charge in [-0.2, -0.15) is 0 Å². The van der Waals surface area contributed by atoms with Crippen LogP contribution in [-0.2, 0) is 18.3 Å². The van der Waals surface area contributed by atoms with E-state index >= 15 is 4.57 Å². The van der Waals surface area contributed by atoms with Crippen LogP contribution in [0, 0.1) is 58.2 Å². The van der Waals surface area contributed by atoms with E-state index in [0.29, 0.717) is 74.4 Å². The van der Waals surface area contributed by atoms with E-state index in [1.807, 2.05) is 6.07 Å². The van der Waals surface area contributed by atoms with Gasteiger partial charge in [0.2, 0.25) is 0 Å². The standard InChI is InChI=1S/C25H33OP.C19H28BrOP.C14H22BrOP.C14H23OP.C6H7BO2.C5H10Si/c26-27(22-12-6-2-7-13-22,23-14-8-3-9-15-23)25-21-17-16-20(18-21)24(25)19-10-4-1-5-11-19;20-18-14-11-12-15(13-14)19(18)22(21,16-7-3-1-4-8-16)17-9-5-2-6-10-17;15-11-12-17(16,13-7-3-1-4-8-13)14-9-5-2-6-10-14;1-2-16(15,13-9-5-3-6-10-13)14-11-7-4-8-12-14;8-7(9)6-4-2-1-3-5-6;1-5-6(2,3)4/h1,4-5,10-11,16-17,20-23H,2-3,6-9,12-15,18H2;11-12,14-17H,1-10,13H2;13-14H,1-10H2;1,13-14H,3-12H2;1-5,8-9H;1H,2-4H3. The number of fused-ring (bicyclic) bond motifs is 4. The third-order valence-corrected chi connectivity index (χ3v) is 43.8. The molecule has 0 aromatic heterocycles. The smallest absolute Gasteiger partial charge is 0.423 e. The van der Waals surface area contributed by atoms with Crippen LogP contribution < -0.4 is 5.46 Å². The van der Waals surface area contributed by atoms with Crippen molar-refractivity contribution in [3.8, 4) is 34.5 Å². The van der Waals surface area contributed by atoms with Crippen LogP contribution in [0.3, 0.4) is 0 Å². The van der Waals surface area contributed by atoms with Gasteiger partial charge in [0.15, 0.2) is 14.3 Å². The Bertz CT molecular complexity index is 3180. The molecule has 0 spiro atoms. The molecule has 8 saturated carbocycles. The number of hydrogen-bond donors (Lipinski definition) is 2. The Labute approximate surface area is 608 Å². The molecule has 8 fully saturated rings. The summed E-state index contributed by atoms with van der Waals surface area (Å²) in [6.45, 7) is 6.44. The van der Waals surface area contributed by atoms with E-state index in [2.05, 4.69) is 128 Å². The van der Waals surface area contributed by atoms with Gasteiger partial charge in [0.05, 0.1) is 0 Å². The zero-order valence-electron chi connectivity index (χ0n) is 60.0. The number of allylic oxidation sites excluding steroid dienone is 8. The lowest BCUT2D eigenvalue weighted by Crippen LogP contribution is -2.29. The highest BCUT2D eigenvalue weighted by molar-refractivity contribution is 9.12. The Kier molecular flexibility index (Phi) is 31.7. The second-order valence-electron chi connectivity index (χ2n) is 32.3. The molecule has 4 unspecified atom stereocenters. The van der Waals surface area contributed by atoms with Crippen LogP contribution in [-0.4, -0.2) is 70.5 Å². The van der Waals surface area contributed by atoms with Gasteiger partial charge >= 0.3 is 7.12 Å². The number of terminal acetylenes is 2. The fourth-order valence-electron chi connectivity index (χ4n) is 19.6. The van der Waals surface area contributed by atoms with Crippen molar-refractivity contribution < 1.29 is 28.3 Å². The highest BCUT2D eigenvalue weighted by Gasteiger charge is 2.53. The van der Waals surface area contributed by atoms with Gasteiger partial charge in [-0.15, -0.1) is 18.4 Å². The topological polar surface area (TPSA) is 109 Å². The summed E-state index contributed by atoms with van der Waals surface area (Å²) in [5, 5.41) is 20.0. The quantitative estimate of drug-likeness (QED) is 0.0948. The normalized spacial score (nSPS) is 25.8. The first kappa shape index (κ1) is 79.3. The van der Waals surface area contributed by atoms with Gasteiger partial charge in [-0.05, 0) is 148 Å². The van der Waals surface area contributed by atoms with Gasteiger partial charge in [-0.3, -0.25) is 0 Å². The maximum Gasteiger partial charge on any atom is 0.488 e. The minimum Gasteiger partial charge on any atom is -0.423 e. The Morgan fingerprint density at radius 1 is 0.412 bits per heavy atom. The predicted molar refractivity (Wildman–Crippen MR) is 430 cm³/mol. The Hall–Kier alpha value is -1.84. The minimum absolute atomic E-state index is 0.370. The summed E-state index contributed by atoms with van der Waals surface area (Å²) in [4.78, 5) is 2.80.